The highest BCUT2D eigenvalue weighted by Gasteiger charge is 2.45. The van der Waals surface area contributed by atoms with Crippen molar-refractivity contribution >= 4 is 27.3 Å². The molecule has 0 spiro atoms. The van der Waals surface area contributed by atoms with E-state index < -0.39 is 20.8 Å². The molecule has 4 heterocycles. The van der Waals surface area contributed by atoms with Gasteiger partial charge in [0.05, 0.1) is 16.0 Å². The molecular weight excluding hydrogens is 635 g/mol. The number of hydrogen-bond acceptors (Lipinski definition) is 6. The largest absolute Gasteiger partial charge is 0.330 e. The van der Waals surface area contributed by atoms with Gasteiger partial charge in [-0.25, -0.2) is 18.4 Å². The Balaban J connectivity index is 1.48. The van der Waals surface area contributed by atoms with Crippen LogP contribution in [0.5, 0.6) is 0 Å². The summed E-state index contributed by atoms with van der Waals surface area (Å²) in [4.78, 5) is 9.70. The van der Waals surface area contributed by atoms with Crippen molar-refractivity contribution in [3.8, 4) is 11.3 Å². The van der Waals surface area contributed by atoms with Gasteiger partial charge < -0.3 is 4.57 Å². The third-order valence-corrected chi connectivity index (χ3v) is 11.2. The second-order valence-electron chi connectivity index (χ2n) is 12.0. The molecule has 1 aliphatic heterocycles. The molecule has 7 nitrogen and oxygen atoms in total. The highest BCUT2D eigenvalue weighted by molar-refractivity contribution is 7.90. The van der Waals surface area contributed by atoms with Crippen molar-refractivity contribution < 1.29 is 8.42 Å². The molecule has 1 aliphatic rings. The Kier molecular flexibility index (Phi) is 7.31. The van der Waals surface area contributed by atoms with E-state index in [9.17, 15) is 8.42 Å². The highest BCUT2D eigenvalue weighted by atomic mass is 32.2. The molecule has 0 saturated heterocycles. The van der Waals surface area contributed by atoms with Crippen molar-refractivity contribution in [3.63, 3.8) is 0 Å². The van der Waals surface area contributed by atoms with E-state index in [1.54, 1.807) is 23.5 Å². The Labute approximate surface area is 283 Å². The third kappa shape index (κ3) is 4.85. The smallest absolute Gasteiger partial charge is 0.175 e. The molecule has 0 fully saturated rings. The number of imidazole rings is 1. The molecule has 1 atom stereocenters. The van der Waals surface area contributed by atoms with Crippen LogP contribution in [0.2, 0.25) is 0 Å². The molecule has 7 aromatic rings. The first-order valence-electron chi connectivity index (χ1n) is 15.6. The zero-order valence-corrected chi connectivity index (χ0v) is 27.7. The zero-order chi connectivity index (χ0) is 32.8. The number of allylic oxidation sites excluding steroid dienone is 1. The Morgan fingerprint density at radius 1 is 0.771 bits per heavy atom. The topological polar surface area (TPSA) is 82.7 Å². The third-order valence-electron chi connectivity index (χ3n) is 9.17. The summed E-state index contributed by atoms with van der Waals surface area (Å²) in [5, 5.41) is 8.46. The number of sulfone groups is 1. The second kappa shape index (κ2) is 11.7. The minimum atomic E-state index is -3.39. The number of benzene rings is 4. The number of rotatable bonds is 8. The molecule has 9 heteroatoms. The van der Waals surface area contributed by atoms with Gasteiger partial charge in [-0.2, -0.15) is 5.10 Å². The Hall–Kier alpha value is -5.38. The summed E-state index contributed by atoms with van der Waals surface area (Å²) < 4.78 is 29.1. The lowest BCUT2D eigenvalue weighted by Crippen LogP contribution is -2.38. The van der Waals surface area contributed by atoms with Gasteiger partial charge in [-0.3, -0.25) is 4.68 Å². The Bertz CT molecular complexity index is 2230. The van der Waals surface area contributed by atoms with Crippen LogP contribution in [0.4, 0.5) is 0 Å². The molecule has 3 aromatic heterocycles. The van der Waals surface area contributed by atoms with E-state index >= 15 is 0 Å². The second-order valence-corrected chi connectivity index (χ2v) is 14.9. The molecule has 8 rings (SSSR count). The zero-order valence-electron chi connectivity index (χ0n) is 26.1. The van der Waals surface area contributed by atoms with Crippen LogP contribution in [0.25, 0.3) is 17.3 Å². The van der Waals surface area contributed by atoms with Crippen molar-refractivity contribution in [3.05, 3.63) is 185 Å². The van der Waals surface area contributed by atoms with E-state index in [0.717, 1.165) is 44.3 Å². The van der Waals surface area contributed by atoms with Crippen LogP contribution in [-0.4, -0.2) is 39.0 Å². The minimum Gasteiger partial charge on any atom is -0.330 e. The fraction of sp³-hybridized carbons (Fsp3) is 0.103. The van der Waals surface area contributed by atoms with Crippen LogP contribution in [0, 0.1) is 0 Å². The molecule has 0 aliphatic carbocycles. The predicted molar refractivity (Wildman–Crippen MR) is 190 cm³/mol. The van der Waals surface area contributed by atoms with E-state index in [-0.39, 0.29) is 4.90 Å². The van der Waals surface area contributed by atoms with E-state index in [0.29, 0.717) is 6.54 Å². The number of nitrogens with zero attached hydrogens (tertiary/aromatic N) is 5. The summed E-state index contributed by atoms with van der Waals surface area (Å²) in [5.74, 6) is 0.876. The lowest BCUT2D eigenvalue weighted by Gasteiger charge is -2.36. The van der Waals surface area contributed by atoms with Crippen LogP contribution in [0.3, 0.4) is 0 Å². The molecule has 0 N–H and O–H groups in total. The quantitative estimate of drug-likeness (QED) is 0.158. The van der Waals surface area contributed by atoms with E-state index in [1.165, 1.54) is 6.26 Å². The maximum Gasteiger partial charge on any atom is 0.175 e. The van der Waals surface area contributed by atoms with E-state index in [1.807, 2.05) is 54.3 Å². The highest BCUT2D eigenvalue weighted by Crippen LogP contribution is 2.47. The van der Waals surface area contributed by atoms with Gasteiger partial charge in [-0.1, -0.05) is 109 Å². The number of hydrogen-bond donors (Lipinski definition) is 0. The van der Waals surface area contributed by atoms with Crippen molar-refractivity contribution in [2.45, 2.75) is 22.4 Å². The monoisotopic (exact) mass is 665 g/mol. The van der Waals surface area contributed by atoms with Gasteiger partial charge in [0.15, 0.2) is 9.84 Å². The SMILES string of the molecule is CS(=O)(=O)c1ccc(-c2nn(C(c3ccccc3)(c3ccccc3)c3ccccc3)cc2C2(c3nccs3)C=Cc3nccn3C2)cc1. The van der Waals surface area contributed by atoms with Gasteiger partial charge in [0.25, 0.3) is 0 Å². The first kappa shape index (κ1) is 30.0. The summed E-state index contributed by atoms with van der Waals surface area (Å²) in [6, 6.07) is 38.4. The molecule has 48 heavy (non-hydrogen) atoms. The average Bonchev–Trinajstić information content (AvgIpc) is 3.92. The molecule has 0 saturated carbocycles. The fourth-order valence-corrected chi connectivity index (χ4v) is 8.36. The van der Waals surface area contributed by atoms with Gasteiger partial charge >= 0.3 is 0 Å². The van der Waals surface area contributed by atoms with Gasteiger partial charge in [-0.15, -0.1) is 11.3 Å². The maximum atomic E-state index is 12.5. The van der Waals surface area contributed by atoms with Gasteiger partial charge in [0.2, 0.25) is 0 Å². The summed E-state index contributed by atoms with van der Waals surface area (Å²) in [7, 11) is -3.39. The lowest BCUT2D eigenvalue weighted by atomic mass is 9.76. The van der Waals surface area contributed by atoms with Crippen LogP contribution >= 0.6 is 11.3 Å². The number of fused-ring (bicyclic) bond motifs is 1. The summed E-state index contributed by atoms with van der Waals surface area (Å²) >= 11 is 1.60. The Morgan fingerprint density at radius 2 is 1.38 bits per heavy atom. The lowest BCUT2D eigenvalue weighted by molar-refractivity contribution is 0.457. The van der Waals surface area contributed by atoms with Crippen LogP contribution in [-0.2, 0) is 27.3 Å². The van der Waals surface area contributed by atoms with Gasteiger partial charge in [-0.05, 0) is 34.9 Å². The van der Waals surface area contributed by atoms with Gasteiger partial charge in [0.1, 0.15) is 16.4 Å². The fourth-order valence-electron chi connectivity index (χ4n) is 6.90. The van der Waals surface area contributed by atoms with Crippen molar-refractivity contribution in [2.75, 3.05) is 6.26 Å². The molecular formula is C39H31N5O2S2. The normalized spacial score (nSPS) is 16.1. The Morgan fingerprint density at radius 3 is 1.92 bits per heavy atom. The van der Waals surface area contributed by atoms with Crippen LogP contribution in [0.15, 0.2) is 156 Å². The first-order chi connectivity index (χ1) is 23.4. The summed E-state index contributed by atoms with van der Waals surface area (Å²) in [6.45, 7) is 0.571. The molecule has 0 amide bonds. The van der Waals surface area contributed by atoms with Crippen LogP contribution < -0.4 is 0 Å². The number of thiazole rings is 1. The molecule has 1 unspecified atom stereocenters. The minimum absolute atomic E-state index is 0.259. The van der Waals surface area contributed by atoms with Crippen molar-refractivity contribution in [1.29, 1.82) is 0 Å². The van der Waals surface area contributed by atoms with E-state index in [4.69, 9.17) is 10.1 Å². The average molecular weight is 666 g/mol. The summed E-state index contributed by atoms with van der Waals surface area (Å²) in [5.41, 5.74) is 4.10. The predicted octanol–water partition coefficient (Wildman–Crippen LogP) is 7.46. The van der Waals surface area contributed by atoms with Gasteiger partial charge in [0, 0.05) is 54.1 Å². The maximum absolute atomic E-state index is 12.5. The summed E-state index contributed by atoms with van der Waals surface area (Å²) in [6.07, 6.45) is 13.3. The number of aromatic nitrogens is 5. The molecule has 0 bridgehead atoms. The first-order valence-corrected chi connectivity index (χ1v) is 18.3. The van der Waals surface area contributed by atoms with Crippen LogP contribution in [0.1, 0.15) is 33.1 Å². The molecule has 0 radical (unpaired) electrons. The standard InChI is InChI=1S/C39H31N5O2S2/c1-48(45,46)33-19-17-29(18-20-33)36-34(38(37-41-24-26-47-37)22-21-35-40-23-25-43(35)28-38)27-44(42-36)39(30-11-5-2-6-12-30,31-13-7-3-8-14-31)32-15-9-4-10-16-32/h2-27H,28H2,1H3. The molecule has 4 aromatic carbocycles. The molecule has 236 valence electrons. The van der Waals surface area contributed by atoms with Crippen molar-refractivity contribution in [2.24, 2.45) is 0 Å². The van der Waals surface area contributed by atoms with E-state index in [2.05, 4.69) is 105 Å². The van der Waals surface area contributed by atoms with Crippen molar-refractivity contribution in [1.82, 2.24) is 24.3 Å².